The summed E-state index contributed by atoms with van der Waals surface area (Å²) in [5, 5.41) is 3.01. The Hall–Kier alpha value is -1.84. The number of primary amides is 1. The second-order valence-electron chi connectivity index (χ2n) is 12.1. The highest BCUT2D eigenvalue weighted by Gasteiger charge is 2.00. The molecule has 0 bridgehead atoms. The van der Waals surface area contributed by atoms with Crippen LogP contribution in [0.3, 0.4) is 0 Å². The van der Waals surface area contributed by atoms with E-state index in [-0.39, 0.29) is 11.8 Å². The average molecular weight is 603 g/mol. The first-order chi connectivity index (χ1) is 21.1. The smallest absolute Gasteiger partial charge is 0.219 e. The zero-order valence-corrected chi connectivity index (χ0v) is 29.2. The molecule has 0 saturated heterocycles. The molecule has 0 aromatic rings. The lowest BCUT2D eigenvalue weighted by atomic mass is 10.0. The minimum atomic E-state index is -0.155. The molecule has 4 nitrogen and oxygen atoms in total. The van der Waals surface area contributed by atoms with E-state index in [4.69, 9.17) is 5.73 Å². The number of amides is 2. The van der Waals surface area contributed by atoms with Crippen molar-refractivity contribution in [2.24, 2.45) is 5.73 Å². The molecule has 3 N–H and O–H groups in total. The number of hydrogen-bond acceptors (Lipinski definition) is 2. The molecule has 0 aliphatic rings. The highest BCUT2D eigenvalue weighted by Crippen LogP contribution is 2.13. The van der Waals surface area contributed by atoms with Crippen LogP contribution in [-0.2, 0) is 9.59 Å². The number of nitrogens with one attached hydrogen (secondary N) is 1. The average Bonchev–Trinajstić information content (AvgIpc) is 3.00. The van der Waals surface area contributed by atoms with Gasteiger partial charge in [0, 0.05) is 19.4 Å². The SMILES string of the molecule is CC/C=C\C/C=C\C/C=C\CCCCCCCC(=O)NCCCCC.CCCCCCCCCCCCCCCC(N)=O. The fraction of sp³-hybridized carbons (Fsp3) is 0.795. The molecule has 0 saturated carbocycles. The van der Waals surface area contributed by atoms with Crippen molar-refractivity contribution in [3.05, 3.63) is 36.5 Å². The zero-order chi connectivity index (χ0) is 31.9. The lowest BCUT2D eigenvalue weighted by Crippen LogP contribution is -2.23. The number of unbranched alkanes of at least 4 members (excludes halogenated alkanes) is 19. The summed E-state index contributed by atoms with van der Waals surface area (Å²) in [6, 6.07) is 0. The number of hydrogen-bond donors (Lipinski definition) is 2. The summed E-state index contributed by atoms with van der Waals surface area (Å²) < 4.78 is 0. The van der Waals surface area contributed by atoms with Crippen LogP contribution in [-0.4, -0.2) is 18.4 Å². The van der Waals surface area contributed by atoms with Crippen LogP contribution in [0.4, 0.5) is 0 Å². The Morgan fingerprint density at radius 1 is 0.488 bits per heavy atom. The fourth-order valence-corrected chi connectivity index (χ4v) is 4.91. The first kappa shape index (κ1) is 43.3. The normalized spacial score (nSPS) is 11.4. The van der Waals surface area contributed by atoms with Gasteiger partial charge in [-0.05, 0) is 51.4 Å². The molecule has 0 spiro atoms. The quantitative estimate of drug-likeness (QED) is 0.0612. The van der Waals surface area contributed by atoms with Gasteiger partial charge in [-0.25, -0.2) is 0 Å². The Labute approximate surface area is 269 Å². The lowest BCUT2D eigenvalue weighted by Gasteiger charge is -2.04. The summed E-state index contributed by atoms with van der Waals surface area (Å²) in [5.74, 6) is 0.0790. The molecule has 0 unspecified atom stereocenters. The van der Waals surface area contributed by atoms with E-state index in [9.17, 15) is 9.59 Å². The van der Waals surface area contributed by atoms with Gasteiger partial charge >= 0.3 is 0 Å². The molecule has 0 aliphatic heterocycles. The second kappa shape index (κ2) is 40.2. The molecular formula is C39H74N2O2. The van der Waals surface area contributed by atoms with Gasteiger partial charge in [-0.15, -0.1) is 0 Å². The summed E-state index contributed by atoms with van der Waals surface area (Å²) in [7, 11) is 0. The molecule has 0 heterocycles. The van der Waals surface area contributed by atoms with E-state index in [1.54, 1.807) is 0 Å². The van der Waals surface area contributed by atoms with Crippen LogP contribution >= 0.6 is 0 Å². The first-order valence-corrected chi connectivity index (χ1v) is 18.6. The van der Waals surface area contributed by atoms with E-state index < -0.39 is 0 Å². The molecule has 43 heavy (non-hydrogen) atoms. The standard InChI is InChI=1S/C23H41NO.C16H33NO/c1-3-5-7-8-9-10-11-12-13-14-15-16-17-18-19-21-23(25)24-22-20-6-4-2;1-2-3-4-5-6-7-8-9-10-11-12-13-14-15-16(17)18/h5,7,9-10,12-13H,3-4,6,8,11,14-22H2,1-2H3,(H,24,25);2-15H2,1H3,(H2,17,18)/b7-5-,10-9-,13-12-;. The van der Waals surface area contributed by atoms with Crippen LogP contribution in [0.2, 0.25) is 0 Å². The van der Waals surface area contributed by atoms with Crippen molar-refractivity contribution in [3.8, 4) is 0 Å². The van der Waals surface area contributed by atoms with Crippen LogP contribution in [0.5, 0.6) is 0 Å². The van der Waals surface area contributed by atoms with Crippen molar-refractivity contribution >= 4 is 11.8 Å². The van der Waals surface area contributed by atoms with Crippen LogP contribution in [0.1, 0.15) is 194 Å². The number of allylic oxidation sites excluding steroid dienone is 6. The van der Waals surface area contributed by atoms with Gasteiger partial charge < -0.3 is 11.1 Å². The van der Waals surface area contributed by atoms with E-state index in [0.717, 1.165) is 45.1 Å². The molecule has 0 rings (SSSR count). The van der Waals surface area contributed by atoms with Gasteiger partial charge in [-0.1, -0.05) is 166 Å². The second-order valence-corrected chi connectivity index (χ2v) is 12.1. The molecule has 0 aromatic heterocycles. The molecule has 0 fully saturated rings. The number of carbonyl (C=O) groups excluding carboxylic acids is 2. The highest BCUT2D eigenvalue weighted by molar-refractivity contribution is 5.75. The first-order valence-electron chi connectivity index (χ1n) is 18.6. The van der Waals surface area contributed by atoms with Gasteiger partial charge in [-0.2, -0.15) is 0 Å². The largest absolute Gasteiger partial charge is 0.370 e. The van der Waals surface area contributed by atoms with Crippen LogP contribution in [0.25, 0.3) is 0 Å². The Balaban J connectivity index is 0. The number of rotatable bonds is 31. The third kappa shape index (κ3) is 44.7. The minimum Gasteiger partial charge on any atom is -0.370 e. The predicted molar refractivity (Wildman–Crippen MR) is 191 cm³/mol. The van der Waals surface area contributed by atoms with E-state index in [0.29, 0.717) is 12.8 Å². The van der Waals surface area contributed by atoms with Crippen LogP contribution in [0.15, 0.2) is 36.5 Å². The third-order valence-electron chi connectivity index (χ3n) is 7.68. The van der Waals surface area contributed by atoms with Gasteiger partial charge in [0.1, 0.15) is 0 Å². The number of carbonyl (C=O) groups is 2. The predicted octanol–water partition coefficient (Wildman–Crippen LogP) is 11.8. The Bertz CT molecular complexity index is 654. The van der Waals surface area contributed by atoms with Gasteiger partial charge in [0.15, 0.2) is 0 Å². The molecule has 4 heteroatoms. The van der Waals surface area contributed by atoms with Gasteiger partial charge in [0.25, 0.3) is 0 Å². The monoisotopic (exact) mass is 603 g/mol. The van der Waals surface area contributed by atoms with Gasteiger partial charge in [0.05, 0.1) is 0 Å². The molecule has 0 radical (unpaired) electrons. The van der Waals surface area contributed by atoms with Crippen molar-refractivity contribution in [3.63, 3.8) is 0 Å². The Morgan fingerprint density at radius 3 is 1.42 bits per heavy atom. The summed E-state index contributed by atoms with van der Waals surface area (Å²) in [6.45, 7) is 7.46. The maximum absolute atomic E-state index is 11.6. The van der Waals surface area contributed by atoms with Gasteiger partial charge in [0.2, 0.25) is 11.8 Å². The maximum Gasteiger partial charge on any atom is 0.219 e. The van der Waals surface area contributed by atoms with Crippen LogP contribution in [0, 0.1) is 0 Å². The van der Waals surface area contributed by atoms with Crippen molar-refractivity contribution in [2.45, 2.75) is 194 Å². The molecule has 0 atom stereocenters. The van der Waals surface area contributed by atoms with Gasteiger partial charge in [-0.3, -0.25) is 9.59 Å². The van der Waals surface area contributed by atoms with Crippen molar-refractivity contribution < 1.29 is 9.59 Å². The summed E-state index contributed by atoms with van der Waals surface area (Å²) in [6.07, 6.45) is 46.1. The summed E-state index contributed by atoms with van der Waals surface area (Å²) in [5.41, 5.74) is 5.09. The molecule has 2 amide bonds. The molecule has 0 aromatic carbocycles. The van der Waals surface area contributed by atoms with Crippen LogP contribution < -0.4 is 11.1 Å². The highest BCUT2D eigenvalue weighted by atomic mass is 16.1. The summed E-state index contributed by atoms with van der Waals surface area (Å²) >= 11 is 0. The van der Waals surface area contributed by atoms with E-state index >= 15 is 0 Å². The summed E-state index contributed by atoms with van der Waals surface area (Å²) in [4.78, 5) is 22.1. The zero-order valence-electron chi connectivity index (χ0n) is 29.2. The molecular weight excluding hydrogens is 528 g/mol. The lowest BCUT2D eigenvalue weighted by molar-refractivity contribution is -0.121. The minimum absolute atomic E-state index is 0.155. The van der Waals surface area contributed by atoms with E-state index in [2.05, 4.69) is 62.5 Å². The molecule has 0 aliphatic carbocycles. The topological polar surface area (TPSA) is 72.2 Å². The Kier molecular flexibility index (Phi) is 40.4. The van der Waals surface area contributed by atoms with Crippen molar-refractivity contribution in [1.82, 2.24) is 5.32 Å². The third-order valence-corrected chi connectivity index (χ3v) is 7.68. The number of nitrogens with two attached hydrogens (primary N) is 1. The van der Waals surface area contributed by atoms with Crippen molar-refractivity contribution in [1.29, 1.82) is 0 Å². The van der Waals surface area contributed by atoms with Crippen molar-refractivity contribution in [2.75, 3.05) is 6.54 Å². The Morgan fingerprint density at radius 2 is 0.907 bits per heavy atom. The van der Waals surface area contributed by atoms with E-state index in [1.807, 2.05) is 0 Å². The maximum atomic E-state index is 11.6. The fourth-order valence-electron chi connectivity index (χ4n) is 4.91. The molecule has 252 valence electrons. The van der Waals surface area contributed by atoms with E-state index in [1.165, 1.54) is 122 Å².